The molecular weight excluding hydrogens is 619 g/mol. The van der Waals surface area contributed by atoms with Crippen molar-refractivity contribution in [2.45, 2.75) is 45.6 Å². The van der Waals surface area contributed by atoms with Crippen LogP contribution in [0.4, 0.5) is 35.4 Å². The zero-order valence-electron chi connectivity index (χ0n) is 24.8. The Bertz CT molecular complexity index is 1770. The third-order valence-corrected chi connectivity index (χ3v) is 6.73. The molecule has 2 N–H and O–H groups in total. The van der Waals surface area contributed by atoms with Crippen LogP contribution in [0.5, 0.6) is 17.2 Å². The number of aryl methyl sites for hydroxylation is 1. The number of halogens is 4. The number of alkyl halides is 3. The maximum atomic E-state index is 13.8. The Labute approximate surface area is 260 Å². The van der Waals surface area contributed by atoms with Gasteiger partial charge in [-0.2, -0.15) is 18.2 Å². The Balaban J connectivity index is 1.36. The number of pyridine rings is 2. The van der Waals surface area contributed by atoms with Crippen molar-refractivity contribution < 1.29 is 37.0 Å². The summed E-state index contributed by atoms with van der Waals surface area (Å²) in [7, 11) is 1.61. The molecule has 0 aliphatic carbocycles. The summed E-state index contributed by atoms with van der Waals surface area (Å²) in [5.74, 6) is 0.590. The Morgan fingerprint density at radius 3 is 2.47 bits per heavy atom. The SMILES string of the molecule is CC(=O)Nc1cc(Oc2cnc3nc(Nc4cc(OC5CN(C(=O)OC(C)(C)C)C5)cc(C(F)(F)F)c4)n(C)c3c2Cl)ccn1. The van der Waals surface area contributed by atoms with Gasteiger partial charge in [0.05, 0.1) is 24.8 Å². The van der Waals surface area contributed by atoms with Crippen LogP contribution < -0.4 is 20.1 Å². The number of fused-ring (bicyclic) bond motifs is 1. The molecule has 3 aromatic heterocycles. The molecule has 4 heterocycles. The normalized spacial score (nSPS) is 13.8. The second-order valence-electron chi connectivity index (χ2n) is 11.3. The average molecular weight is 648 g/mol. The lowest BCUT2D eigenvalue weighted by atomic mass is 10.1. The molecule has 12 nitrogen and oxygen atoms in total. The summed E-state index contributed by atoms with van der Waals surface area (Å²) in [6, 6.07) is 6.30. The zero-order chi connectivity index (χ0) is 32.7. The van der Waals surface area contributed by atoms with Gasteiger partial charge in [-0.1, -0.05) is 11.6 Å². The van der Waals surface area contributed by atoms with E-state index in [4.69, 9.17) is 25.8 Å². The van der Waals surface area contributed by atoms with E-state index in [1.807, 2.05) is 0 Å². The van der Waals surface area contributed by atoms with Crippen LogP contribution in [0.2, 0.25) is 5.02 Å². The van der Waals surface area contributed by atoms with Gasteiger partial charge in [0.15, 0.2) is 11.4 Å². The van der Waals surface area contributed by atoms with Crippen molar-refractivity contribution in [3.63, 3.8) is 0 Å². The number of carbonyl (C=O) groups is 2. The number of nitrogens with one attached hydrogen (secondary N) is 2. The molecule has 1 aliphatic rings. The standard InChI is InChI=1S/C29H29ClF3N7O5/c1-15(41)36-22-11-18(6-7-34-22)44-21-12-35-25-24(23(21)30)39(5)26(38-25)37-17-8-16(29(31,32)33)9-19(10-17)43-20-13-40(14-20)27(42)45-28(2,3)4/h6-12,20H,13-14H2,1-5H3,(H,34,36,41)(H,35,37,38). The average Bonchev–Trinajstić information content (AvgIpc) is 3.21. The first kappa shape index (κ1) is 31.6. The van der Waals surface area contributed by atoms with Crippen molar-refractivity contribution >= 4 is 52.2 Å². The maximum absolute atomic E-state index is 13.8. The van der Waals surface area contributed by atoms with Crippen LogP contribution in [-0.4, -0.2) is 61.2 Å². The molecule has 4 aromatic rings. The van der Waals surface area contributed by atoms with E-state index in [0.717, 1.165) is 12.1 Å². The molecule has 5 rings (SSSR count). The third-order valence-electron chi connectivity index (χ3n) is 6.36. The van der Waals surface area contributed by atoms with E-state index in [1.165, 1.54) is 40.9 Å². The van der Waals surface area contributed by atoms with Gasteiger partial charge in [-0.05, 0) is 39.0 Å². The van der Waals surface area contributed by atoms with Gasteiger partial charge in [-0.25, -0.2) is 14.8 Å². The number of likely N-dealkylation sites (tertiary alicyclic amines) is 1. The minimum Gasteiger partial charge on any atom is -0.487 e. The van der Waals surface area contributed by atoms with Crippen LogP contribution >= 0.6 is 11.6 Å². The number of aromatic nitrogens is 4. The van der Waals surface area contributed by atoms with Crippen molar-refractivity contribution in [3.05, 3.63) is 53.3 Å². The van der Waals surface area contributed by atoms with Gasteiger partial charge >= 0.3 is 12.3 Å². The molecule has 1 aliphatic heterocycles. The van der Waals surface area contributed by atoms with E-state index in [0.29, 0.717) is 11.3 Å². The van der Waals surface area contributed by atoms with Gasteiger partial charge in [-0.15, -0.1) is 0 Å². The fourth-order valence-electron chi connectivity index (χ4n) is 4.36. The van der Waals surface area contributed by atoms with Gasteiger partial charge in [-0.3, -0.25) is 4.79 Å². The van der Waals surface area contributed by atoms with E-state index < -0.39 is 29.5 Å². The fourth-order valence-corrected chi connectivity index (χ4v) is 4.66. The smallest absolute Gasteiger partial charge is 0.416 e. The van der Waals surface area contributed by atoms with Crippen molar-refractivity contribution in [3.8, 4) is 17.2 Å². The predicted octanol–water partition coefficient (Wildman–Crippen LogP) is 6.53. The molecule has 1 fully saturated rings. The van der Waals surface area contributed by atoms with Gasteiger partial charge in [0.2, 0.25) is 11.9 Å². The van der Waals surface area contributed by atoms with E-state index >= 15 is 0 Å². The van der Waals surface area contributed by atoms with Crippen LogP contribution in [0.15, 0.2) is 42.7 Å². The van der Waals surface area contributed by atoms with Gasteiger partial charge in [0.25, 0.3) is 0 Å². The number of nitrogens with zero attached hydrogens (tertiary/aromatic N) is 5. The Kier molecular flexibility index (Phi) is 8.40. The van der Waals surface area contributed by atoms with E-state index in [9.17, 15) is 22.8 Å². The van der Waals surface area contributed by atoms with Crippen LogP contribution in [-0.2, 0) is 22.8 Å². The number of benzene rings is 1. The quantitative estimate of drug-likeness (QED) is 0.230. The first-order valence-corrected chi connectivity index (χ1v) is 14.0. The first-order valence-electron chi connectivity index (χ1n) is 13.6. The van der Waals surface area contributed by atoms with Crippen LogP contribution in [0.1, 0.15) is 33.3 Å². The lowest BCUT2D eigenvalue weighted by Gasteiger charge is -2.39. The number of anilines is 3. The summed E-state index contributed by atoms with van der Waals surface area (Å²) in [5.41, 5.74) is -0.990. The molecule has 0 radical (unpaired) electrons. The Morgan fingerprint density at radius 1 is 1.07 bits per heavy atom. The summed E-state index contributed by atoms with van der Waals surface area (Å²) in [4.78, 5) is 37.7. The fraction of sp³-hybridized carbons (Fsp3) is 0.345. The number of rotatable bonds is 7. The monoisotopic (exact) mass is 647 g/mol. The van der Waals surface area contributed by atoms with Crippen molar-refractivity contribution in [1.82, 2.24) is 24.4 Å². The van der Waals surface area contributed by atoms with Gasteiger partial charge in [0, 0.05) is 38.0 Å². The lowest BCUT2D eigenvalue weighted by molar-refractivity contribution is -0.137. The summed E-state index contributed by atoms with van der Waals surface area (Å²) in [5, 5.41) is 5.60. The molecule has 238 valence electrons. The van der Waals surface area contributed by atoms with Crippen molar-refractivity contribution in [1.29, 1.82) is 0 Å². The molecule has 0 bridgehead atoms. The highest BCUT2D eigenvalue weighted by molar-refractivity contribution is 6.36. The Hall–Kier alpha value is -4.79. The van der Waals surface area contributed by atoms with Crippen LogP contribution in [0, 0.1) is 0 Å². The predicted molar refractivity (Wildman–Crippen MR) is 159 cm³/mol. The van der Waals surface area contributed by atoms with Gasteiger partial charge < -0.3 is 34.3 Å². The molecule has 1 saturated heterocycles. The van der Waals surface area contributed by atoms with Crippen LogP contribution in [0.3, 0.4) is 0 Å². The second-order valence-corrected chi connectivity index (χ2v) is 11.6. The largest absolute Gasteiger partial charge is 0.487 e. The molecule has 0 spiro atoms. The number of amides is 2. The molecule has 45 heavy (non-hydrogen) atoms. The maximum Gasteiger partial charge on any atom is 0.416 e. The topological polar surface area (TPSA) is 133 Å². The summed E-state index contributed by atoms with van der Waals surface area (Å²) >= 11 is 6.65. The summed E-state index contributed by atoms with van der Waals surface area (Å²) in [6.07, 6.45) is -2.89. The number of hydrogen-bond acceptors (Lipinski definition) is 9. The highest BCUT2D eigenvalue weighted by atomic mass is 35.5. The van der Waals surface area contributed by atoms with E-state index in [-0.39, 0.29) is 58.6 Å². The van der Waals surface area contributed by atoms with Crippen molar-refractivity contribution in [2.24, 2.45) is 7.05 Å². The number of imidazole rings is 1. The molecule has 16 heteroatoms. The van der Waals surface area contributed by atoms with Gasteiger partial charge in [0.1, 0.15) is 39.6 Å². The molecule has 0 atom stereocenters. The molecular formula is C29H29ClF3N7O5. The van der Waals surface area contributed by atoms with Crippen LogP contribution in [0.25, 0.3) is 11.2 Å². The highest BCUT2D eigenvalue weighted by Gasteiger charge is 2.36. The first-order chi connectivity index (χ1) is 21.1. The second kappa shape index (κ2) is 12.0. The van der Waals surface area contributed by atoms with E-state index in [2.05, 4.69) is 25.6 Å². The third kappa shape index (κ3) is 7.48. The number of hydrogen-bond donors (Lipinski definition) is 2. The molecule has 1 aromatic carbocycles. The summed E-state index contributed by atoms with van der Waals surface area (Å²) in [6.45, 7) is 6.91. The lowest BCUT2D eigenvalue weighted by Crippen LogP contribution is -2.57. The number of carbonyl (C=O) groups excluding carboxylic acids is 2. The number of ether oxygens (including phenoxy) is 3. The summed E-state index contributed by atoms with van der Waals surface area (Å²) < 4.78 is 59.9. The Morgan fingerprint density at radius 2 is 1.80 bits per heavy atom. The molecule has 2 amide bonds. The minimum absolute atomic E-state index is 0.0391. The zero-order valence-corrected chi connectivity index (χ0v) is 25.6. The molecule has 0 saturated carbocycles. The van der Waals surface area contributed by atoms with E-state index in [1.54, 1.807) is 33.9 Å². The minimum atomic E-state index is -4.66. The van der Waals surface area contributed by atoms with Crippen molar-refractivity contribution in [2.75, 3.05) is 23.7 Å². The molecule has 0 unspecified atom stereocenters. The highest BCUT2D eigenvalue weighted by Crippen LogP contribution is 2.38.